The Kier molecular flexibility index (Phi) is 5.71. The summed E-state index contributed by atoms with van der Waals surface area (Å²) < 4.78 is 32.0. The minimum absolute atomic E-state index is 0.000216. The van der Waals surface area contributed by atoms with Crippen LogP contribution in [0.4, 0.5) is 14.5 Å². The van der Waals surface area contributed by atoms with Gasteiger partial charge < -0.3 is 15.8 Å². The Morgan fingerprint density at radius 3 is 2.73 bits per heavy atom. The molecular formula is C16H23F2N3O. The Morgan fingerprint density at radius 1 is 1.32 bits per heavy atom. The van der Waals surface area contributed by atoms with Crippen LogP contribution >= 0.6 is 0 Å². The highest BCUT2D eigenvalue weighted by atomic mass is 19.1. The number of nitrogens with zero attached hydrogens (tertiary/aromatic N) is 1. The summed E-state index contributed by atoms with van der Waals surface area (Å²) in [5, 5.41) is 2.62. The zero-order valence-electron chi connectivity index (χ0n) is 12.9. The van der Waals surface area contributed by atoms with Gasteiger partial charge >= 0.3 is 0 Å². The van der Waals surface area contributed by atoms with Crippen LogP contribution in [0.3, 0.4) is 0 Å². The van der Waals surface area contributed by atoms with Gasteiger partial charge in [0.15, 0.2) is 5.96 Å². The van der Waals surface area contributed by atoms with Gasteiger partial charge in [-0.1, -0.05) is 19.3 Å². The van der Waals surface area contributed by atoms with Crippen LogP contribution in [0.15, 0.2) is 23.2 Å². The molecule has 0 amide bonds. The molecule has 6 heteroatoms. The van der Waals surface area contributed by atoms with Crippen molar-refractivity contribution in [1.82, 2.24) is 0 Å². The molecule has 0 heterocycles. The predicted molar refractivity (Wildman–Crippen MR) is 83.9 cm³/mol. The van der Waals surface area contributed by atoms with Gasteiger partial charge in [-0.3, -0.25) is 4.99 Å². The van der Waals surface area contributed by atoms with Crippen molar-refractivity contribution in [3.8, 4) is 0 Å². The molecule has 0 radical (unpaired) electrons. The lowest BCUT2D eigenvalue weighted by atomic mass is 9.75. The van der Waals surface area contributed by atoms with E-state index in [1.807, 2.05) is 0 Å². The molecule has 22 heavy (non-hydrogen) atoms. The summed E-state index contributed by atoms with van der Waals surface area (Å²) in [4.78, 5) is 4.32. The average Bonchev–Trinajstić information content (AvgIpc) is 2.50. The van der Waals surface area contributed by atoms with Crippen LogP contribution in [-0.2, 0) is 4.74 Å². The van der Waals surface area contributed by atoms with Gasteiger partial charge in [0, 0.05) is 18.6 Å². The van der Waals surface area contributed by atoms with E-state index >= 15 is 0 Å². The van der Waals surface area contributed by atoms with Crippen LogP contribution in [0.5, 0.6) is 0 Å². The maximum absolute atomic E-state index is 13.6. The Bertz CT molecular complexity index is 523. The van der Waals surface area contributed by atoms with Gasteiger partial charge in [0.05, 0.1) is 18.8 Å². The third-order valence-electron chi connectivity index (χ3n) is 4.14. The summed E-state index contributed by atoms with van der Waals surface area (Å²) in [7, 11) is 1.68. The number of nitrogens with two attached hydrogens (primary N) is 1. The fraction of sp³-hybridized carbons (Fsp3) is 0.562. The van der Waals surface area contributed by atoms with E-state index in [2.05, 4.69) is 10.3 Å². The molecular weight excluding hydrogens is 288 g/mol. The Balaban J connectivity index is 2.03. The fourth-order valence-corrected chi connectivity index (χ4v) is 2.98. The van der Waals surface area contributed by atoms with Gasteiger partial charge in [0.25, 0.3) is 0 Å². The van der Waals surface area contributed by atoms with Crippen LogP contribution in [0.25, 0.3) is 0 Å². The average molecular weight is 311 g/mol. The van der Waals surface area contributed by atoms with Crippen molar-refractivity contribution >= 4 is 11.6 Å². The minimum Gasteiger partial charge on any atom is -0.384 e. The maximum atomic E-state index is 13.6. The number of hydrogen-bond donors (Lipinski definition) is 2. The zero-order chi connectivity index (χ0) is 16.0. The quantitative estimate of drug-likeness (QED) is 0.648. The number of benzene rings is 1. The number of guanidine groups is 1. The van der Waals surface area contributed by atoms with Crippen molar-refractivity contribution in [1.29, 1.82) is 0 Å². The van der Waals surface area contributed by atoms with E-state index in [0.29, 0.717) is 13.2 Å². The van der Waals surface area contributed by atoms with Crippen LogP contribution < -0.4 is 11.1 Å². The first-order chi connectivity index (χ1) is 10.5. The first-order valence-corrected chi connectivity index (χ1v) is 7.56. The number of anilines is 1. The molecule has 2 rings (SSSR count). The maximum Gasteiger partial charge on any atom is 0.193 e. The van der Waals surface area contributed by atoms with Gasteiger partial charge in [0.1, 0.15) is 11.6 Å². The molecule has 1 fully saturated rings. The molecule has 0 aromatic heterocycles. The van der Waals surface area contributed by atoms with E-state index in [-0.39, 0.29) is 17.1 Å². The SMILES string of the molecule is COCC1(CN=C(N)Nc2cc(F)ccc2F)CCCCC1. The number of methoxy groups -OCH3 is 1. The topological polar surface area (TPSA) is 59.6 Å². The van der Waals surface area contributed by atoms with Gasteiger partial charge in [-0.2, -0.15) is 0 Å². The molecule has 122 valence electrons. The van der Waals surface area contributed by atoms with Crippen LogP contribution in [0.2, 0.25) is 0 Å². The Labute approximate surface area is 129 Å². The largest absolute Gasteiger partial charge is 0.384 e. The number of ether oxygens (including phenoxy) is 1. The third kappa shape index (κ3) is 4.40. The van der Waals surface area contributed by atoms with E-state index in [9.17, 15) is 8.78 Å². The van der Waals surface area contributed by atoms with Crippen LogP contribution in [0.1, 0.15) is 32.1 Å². The standard InChI is InChI=1S/C16H23F2N3O/c1-22-11-16(7-3-2-4-8-16)10-20-15(19)21-14-9-12(17)5-6-13(14)18/h5-6,9H,2-4,7-8,10-11H2,1H3,(H3,19,20,21). The van der Waals surface area contributed by atoms with Crippen molar-refractivity contribution in [3.63, 3.8) is 0 Å². The number of hydrogen-bond acceptors (Lipinski definition) is 2. The summed E-state index contributed by atoms with van der Waals surface area (Å²) >= 11 is 0. The zero-order valence-corrected chi connectivity index (χ0v) is 12.9. The van der Waals surface area contributed by atoms with Gasteiger partial charge in [-0.15, -0.1) is 0 Å². The highest BCUT2D eigenvalue weighted by Crippen LogP contribution is 2.36. The lowest BCUT2D eigenvalue weighted by molar-refractivity contribution is 0.0555. The van der Waals surface area contributed by atoms with Crippen molar-refractivity contribution < 1.29 is 13.5 Å². The third-order valence-corrected chi connectivity index (χ3v) is 4.14. The summed E-state index contributed by atoms with van der Waals surface area (Å²) in [5.74, 6) is -1.01. The van der Waals surface area contributed by atoms with Gasteiger partial charge in [0.2, 0.25) is 0 Å². The van der Waals surface area contributed by atoms with Crippen molar-refractivity contribution in [2.24, 2.45) is 16.1 Å². The monoisotopic (exact) mass is 311 g/mol. The molecule has 1 aliphatic carbocycles. The van der Waals surface area contributed by atoms with Crippen LogP contribution in [-0.4, -0.2) is 26.2 Å². The van der Waals surface area contributed by atoms with E-state index < -0.39 is 11.6 Å². The first kappa shape index (κ1) is 16.7. The smallest absolute Gasteiger partial charge is 0.193 e. The molecule has 1 aromatic rings. The van der Waals surface area contributed by atoms with Gasteiger partial charge in [-0.05, 0) is 25.0 Å². The fourth-order valence-electron chi connectivity index (χ4n) is 2.98. The second-order valence-electron chi connectivity index (χ2n) is 5.94. The van der Waals surface area contributed by atoms with E-state index in [1.165, 1.54) is 6.42 Å². The van der Waals surface area contributed by atoms with Crippen molar-refractivity contribution in [2.75, 3.05) is 25.6 Å². The highest BCUT2D eigenvalue weighted by molar-refractivity contribution is 5.92. The molecule has 0 bridgehead atoms. The first-order valence-electron chi connectivity index (χ1n) is 7.56. The molecule has 0 atom stereocenters. The second-order valence-corrected chi connectivity index (χ2v) is 5.94. The summed E-state index contributed by atoms with van der Waals surface area (Å²) in [6.45, 7) is 1.16. The molecule has 1 aliphatic rings. The summed E-state index contributed by atoms with van der Waals surface area (Å²) in [5.41, 5.74) is 5.80. The lowest BCUT2D eigenvalue weighted by Crippen LogP contribution is -2.34. The molecule has 1 aromatic carbocycles. The summed E-state index contributed by atoms with van der Waals surface area (Å²) in [6, 6.07) is 3.17. The Hall–Kier alpha value is -1.69. The highest BCUT2D eigenvalue weighted by Gasteiger charge is 2.31. The predicted octanol–water partition coefficient (Wildman–Crippen LogP) is 3.29. The molecule has 0 unspecified atom stereocenters. The Morgan fingerprint density at radius 2 is 2.05 bits per heavy atom. The van der Waals surface area contributed by atoms with Crippen LogP contribution in [0, 0.1) is 17.0 Å². The second kappa shape index (κ2) is 7.54. The molecule has 3 N–H and O–H groups in total. The molecule has 0 spiro atoms. The van der Waals surface area contributed by atoms with E-state index in [0.717, 1.165) is 43.9 Å². The normalized spacial score (nSPS) is 18.2. The lowest BCUT2D eigenvalue weighted by Gasteiger charge is -2.35. The van der Waals surface area contributed by atoms with Crippen molar-refractivity contribution in [3.05, 3.63) is 29.8 Å². The van der Waals surface area contributed by atoms with Crippen molar-refractivity contribution in [2.45, 2.75) is 32.1 Å². The minimum atomic E-state index is -0.566. The molecule has 0 aliphatic heterocycles. The number of aliphatic imine (C=N–C) groups is 1. The van der Waals surface area contributed by atoms with E-state index in [1.54, 1.807) is 7.11 Å². The van der Waals surface area contributed by atoms with Gasteiger partial charge in [-0.25, -0.2) is 8.78 Å². The number of rotatable bonds is 5. The molecule has 4 nitrogen and oxygen atoms in total. The number of nitrogens with one attached hydrogen (secondary N) is 1. The molecule has 0 saturated heterocycles. The van der Waals surface area contributed by atoms with E-state index in [4.69, 9.17) is 10.5 Å². The summed E-state index contributed by atoms with van der Waals surface area (Å²) in [6.07, 6.45) is 5.64. The molecule has 1 saturated carbocycles. The number of halogens is 2.